The topological polar surface area (TPSA) is 38.3 Å². The van der Waals surface area contributed by atoms with E-state index in [9.17, 15) is 4.79 Å². The Hall–Kier alpha value is -3.33. The van der Waals surface area contributed by atoms with Crippen LogP contribution < -0.4 is 10.1 Å². The van der Waals surface area contributed by atoms with Crippen LogP contribution in [0.25, 0.3) is 11.6 Å². The van der Waals surface area contributed by atoms with Crippen molar-refractivity contribution in [3.05, 3.63) is 101 Å². The van der Waals surface area contributed by atoms with Crippen molar-refractivity contribution in [3.8, 4) is 5.75 Å². The number of aryl methyl sites for hydroxylation is 2. The summed E-state index contributed by atoms with van der Waals surface area (Å²) >= 11 is 0. The summed E-state index contributed by atoms with van der Waals surface area (Å²) in [5, 5.41) is 3.30. The van der Waals surface area contributed by atoms with Crippen LogP contribution in [0.4, 0.5) is 0 Å². The van der Waals surface area contributed by atoms with Gasteiger partial charge in [-0.05, 0) is 78.1 Å². The number of nitrogens with one attached hydrogen (secondary N) is 1. The highest BCUT2D eigenvalue weighted by molar-refractivity contribution is 6.24. The Balaban J connectivity index is 1.62. The number of fused-ring (bicyclic) bond motifs is 1. The second-order valence-electron chi connectivity index (χ2n) is 8.37. The molecule has 0 aromatic heterocycles. The molecule has 0 bridgehead atoms. The van der Waals surface area contributed by atoms with Gasteiger partial charge in [0.05, 0.1) is 13.2 Å². The van der Waals surface area contributed by atoms with Gasteiger partial charge in [0, 0.05) is 5.57 Å². The van der Waals surface area contributed by atoms with Gasteiger partial charge in [-0.2, -0.15) is 0 Å². The van der Waals surface area contributed by atoms with Crippen molar-refractivity contribution in [1.29, 1.82) is 0 Å². The molecule has 3 aromatic rings. The Morgan fingerprint density at radius 1 is 0.969 bits per heavy atom. The maximum Gasteiger partial charge on any atom is 0.252 e. The number of rotatable bonds is 7. The standard InChI is InChI=1S/C29H31NO2/c1-3-28(25-16-15-22-9-7-8-12-24(22)20-25)30-29(31)27(23-10-5-4-6-11-23)19-21-13-17-26(32-2)18-14-21/h4-6,10-11,13-20,28H,3,7-9,12H2,1-2H3,(H,30,31)/b27-19+/t28-/m0/s1. The van der Waals surface area contributed by atoms with Crippen LogP contribution in [0.1, 0.15) is 60.0 Å². The lowest BCUT2D eigenvalue weighted by Crippen LogP contribution is -2.29. The smallest absolute Gasteiger partial charge is 0.252 e. The van der Waals surface area contributed by atoms with Crippen LogP contribution in [-0.4, -0.2) is 13.0 Å². The molecule has 3 nitrogen and oxygen atoms in total. The molecular formula is C29H31NO2. The van der Waals surface area contributed by atoms with Crippen molar-refractivity contribution in [2.45, 2.75) is 45.1 Å². The van der Waals surface area contributed by atoms with E-state index in [0.717, 1.165) is 29.7 Å². The minimum absolute atomic E-state index is 0.0160. The highest BCUT2D eigenvalue weighted by Gasteiger charge is 2.19. The number of carbonyl (C=O) groups is 1. The molecule has 0 heterocycles. The average Bonchev–Trinajstić information content (AvgIpc) is 2.86. The van der Waals surface area contributed by atoms with Gasteiger partial charge in [-0.25, -0.2) is 0 Å². The van der Waals surface area contributed by atoms with Crippen LogP contribution in [0, 0.1) is 0 Å². The Morgan fingerprint density at radius 3 is 2.38 bits per heavy atom. The Labute approximate surface area is 191 Å². The van der Waals surface area contributed by atoms with Gasteiger partial charge in [-0.15, -0.1) is 0 Å². The highest BCUT2D eigenvalue weighted by Crippen LogP contribution is 2.27. The van der Waals surface area contributed by atoms with Gasteiger partial charge in [0.1, 0.15) is 5.75 Å². The number of hydrogen-bond acceptors (Lipinski definition) is 2. The first-order chi connectivity index (χ1) is 15.7. The maximum atomic E-state index is 13.5. The first-order valence-corrected chi connectivity index (χ1v) is 11.5. The Kier molecular flexibility index (Phi) is 7.06. The van der Waals surface area contributed by atoms with E-state index >= 15 is 0 Å². The third-order valence-corrected chi connectivity index (χ3v) is 6.24. The van der Waals surface area contributed by atoms with E-state index in [2.05, 4.69) is 30.4 Å². The molecule has 1 atom stereocenters. The molecule has 4 rings (SSSR count). The second kappa shape index (κ2) is 10.3. The average molecular weight is 426 g/mol. The van der Waals surface area contributed by atoms with E-state index in [1.165, 1.54) is 36.0 Å². The predicted molar refractivity (Wildman–Crippen MR) is 132 cm³/mol. The first-order valence-electron chi connectivity index (χ1n) is 11.5. The van der Waals surface area contributed by atoms with E-state index in [4.69, 9.17) is 4.74 Å². The maximum absolute atomic E-state index is 13.5. The molecule has 1 amide bonds. The lowest BCUT2D eigenvalue weighted by Gasteiger charge is -2.22. The molecule has 1 aliphatic rings. The summed E-state index contributed by atoms with van der Waals surface area (Å²) in [6.07, 6.45) is 7.62. The zero-order valence-corrected chi connectivity index (χ0v) is 18.9. The Morgan fingerprint density at radius 2 is 1.69 bits per heavy atom. The fraction of sp³-hybridized carbons (Fsp3) is 0.276. The summed E-state index contributed by atoms with van der Waals surface area (Å²) in [6.45, 7) is 2.12. The highest BCUT2D eigenvalue weighted by atomic mass is 16.5. The Bertz CT molecular complexity index is 1080. The number of ether oxygens (including phenoxy) is 1. The minimum atomic E-state index is -0.0587. The van der Waals surface area contributed by atoms with Crippen molar-refractivity contribution < 1.29 is 9.53 Å². The molecule has 1 aliphatic carbocycles. The number of carbonyl (C=O) groups excluding carboxylic acids is 1. The molecule has 0 saturated heterocycles. The largest absolute Gasteiger partial charge is 0.497 e. The molecule has 32 heavy (non-hydrogen) atoms. The quantitative estimate of drug-likeness (QED) is 0.352. The minimum Gasteiger partial charge on any atom is -0.497 e. The summed E-state index contributed by atoms with van der Waals surface area (Å²) in [7, 11) is 1.65. The van der Waals surface area contributed by atoms with Gasteiger partial charge in [0.15, 0.2) is 0 Å². The number of methoxy groups -OCH3 is 1. The lowest BCUT2D eigenvalue weighted by molar-refractivity contribution is -0.116. The molecule has 0 radical (unpaired) electrons. The molecular weight excluding hydrogens is 394 g/mol. The SMILES string of the molecule is CC[C@H](NC(=O)/C(=C/c1ccc(OC)cc1)c1ccccc1)c1ccc2c(c1)CCCC2. The molecule has 3 aromatic carbocycles. The molecule has 0 unspecified atom stereocenters. The van der Waals surface area contributed by atoms with Crippen molar-refractivity contribution in [2.24, 2.45) is 0 Å². The van der Waals surface area contributed by atoms with Crippen LogP contribution in [-0.2, 0) is 17.6 Å². The van der Waals surface area contributed by atoms with E-state index in [1.54, 1.807) is 7.11 Å². The fourth-order valence-electron chi connectivity index (χ4n) is 4.39. The molecule has 1 N–H and O–H groups in total. The van der Waals surface area contributed by atoms with E-state index < -0.39 is 0 Å². The molecule has 164 valence electrons. The number of benzene rings is 3. The van der Waals surface area contributed by atoms with Crippen molar-refractivity contribution in [2.75, 3.05) is 7.11 Å². The third-order valence-electron chi connectivity index (χ3n) is 6.24. The van der Waals surface area contributed by atoms with E-state index in [1.807, 2.05) is 60.7 Å². The van der Waals surface area contributed by atoms with Crippen LogP contribution in [0.5, 0.6) is 5.75 Å². The monoisotopic (exact) mass is 425 g/mol. The number of hydrogen-bond donors (Lipinski definition) is 1. The summed E-state index contributed by atoms with van der Waals surface area (Å²) < 4.78 is 5.26. The predicted octanol–water partition coefficient (Wildman–Crippen LogP) is 6.38. The summed E-state index contributed by atoms with van der Waals surface area (Å²) in [5.74, 6) is 0.739. The van der Waals surface area contributed by atoms with Gasteiger partial charge >= 0.3 is 0 Å². The molecule has 0 saturated carbocycles. The lowest BCUT2D eigenvalue weighted by atomic mass is 9.88. The summed E-state index contributed by atoms with van der Waals surface area (Å²) in [5.41, 5.74) is 6.62. The second-order valence-corrected chi connectivity index (χ2v) is 8.37. The van der Waals surface area contributed by atoms with Crippen LogP contribution in [0.15, 0.2) is 72.8 Å². The van der Waals surface area contributed by atoms with Crippen LogP contribution >= 0.6 is 0 Å². The molecule has 0 aliphatic heterocycles. The van der Waals surface area contributed by atoms with Gasteiger partial charge < -0.3 is 10.1 Å². The number of amides is 1. The van der Waals surface area contributed by atoms with Gasteiger partial charge in [0.25, 0.3) is 5.91 Å². The normalized spacial score (nSPS) is 14.4. The fourth-order valence-corrected chi connectivity index (χ4v) is 4.39. The molecule has 3 heteroatoms. The van der Waals surface area contributed by atoms with Crippen molar-refractivity contribution >= 4 is 17.6 Å². The third kappa shape index (κ3) is 5.11. The van der Waals surface area contributed by atoms with E-state index in [-0.39, 0.29) is 11.9 Å². The first kappa shape index (κ1) is 21.9. The molecule has 0 fully saturated rings. The molecule has 0 spiro atoms. The van der Waals surface area contributed by atoms with E-state index in [0.29, 0.717) is 5.57 Å². The van der Waals surface area contributed by atoms with Gasteiger partial charge in [-0.1, -0.05) is 67.6 Å². The zero-order chi connectivity index (χ0) is 22.3. The summed E-state index contributed by atoms with van der Waals surface area (Å²) in [6, 6.07) is 24.3. The van der Waals surface area contributed by atoms with Crippen molar-refractivity contribution in [1.82, 2.24) is 5.32 Å². The zero-order valence-electron chi connectivity index (χ0n) is 18.9. The van der Waals surface area contributed by atoms with Crippen LogP contribution in [0.2, 0.25) is 0 Å². The summed E-state index contributed by atoms with van der Waals surface area (Å²) in [4.78, 5) is 13.5. The van der Waals surface area contributed by atoms with Crippen molar-refractivity contribution in [3.63, 3.8) is 0 Å². The van der Waals surface area contributed by atoms with Gasteiger partial charge in [0.2, 0.25) is 0 Å². The van der Waals surface area contributed by atoms with Crippen LogP contribution in [0.3, 0.4) is 0 Å². The van der Waals surface area contributed by atoms with Gasteiger partial charge in [-0.3, -0.25) is 4.79 Å².